The van der Waals surface area contributed by atoms with E-state index >= 15 is 0 Å². The van der Waals surface area contributed by atoms with Crippen LogP contribution in [0.25, 0.3) is 17.1 Å². The van der Waals surface area contributed by atoms with Gasteiger partial charge in [0.2, 0.25) is 5.91 Å². The number of hydrogen-bond donors (Lipinski definition) is 1. The molecule has 1 N–H and O–H groups in total. The maximum atomic E-state index is 12.7. The number of thioether (sulfide) groups is 1. The maximum Gasteiger partial charge on any atom is 0.234 e. The predicted molar refractivity (Wildman–Crippen MR) is 148 cm³/mol. The molecule has 0 fully saturated rings. The van der Waals surface area contributed by atoms with Gasteiger partial charge in [0.25, 0.3) is 0 Å². The molecule has 0 bridgehead atoms. The van der Waals surface area contributed by atoms with Crippen molar-refractivity contribution in [1.29, 1.82) is 0 Å². The number of nitrogens with zero attached hydrogens (tertiary/aromatic N) is 3. The number of rotatable bonds is 7. The molecular formula is C28H29ClN4O2S. The van der Waals surface area contributed by atoms with Crippen LogP contribution in [0.15, 0.2) is 71.9 Å². The smallest absolute Gasteiger partial charge is 0.234 e. The summed E-state index contributed by atoms with van der Waals surface area (Å²) in [5.41, 5.74) is 4.65. The standard InChI is InChI=1S/C28H29ClN4O2S/c1-18-23(29)7-6-8-24(18)30-25(34)17-36-27-32-31-26(19-9-11-20(12-10-19)28(2,3)4)33(27)21-13-15-22(35-5)16-14-21/h6-16H,17H2,1-5H3,(H,30,34). The number of halogens is 1. The number of methoxy groups -OCH3 is 1. The Kier molecular flexibility index (Phi) is 7.71. The third-order valence-corrected chi connectivity index (χ3v) is 7.19. The Morgan fingerprint density at radius 2 is 1.72 bits per heavy atom. The quantitative estimate of drug-likeness (QED) is 0.267. The molecule has 186 valence electrons. The van der Waals surface area contributed by atoms with Crippen LogP contribution in [0, 0.1) is 6.92 Å². The fourth-order valence-corrected chi connectivity index (χ4v) is 4.62. The average Bonchev–Trinajstić information content (AvgIpc) is 3.29. The zero-order valence-electron chi connectivity index (χ0n) is 21.0. The van der Waals surface area contributed by atoms with Crippen LogP contribution in [0.2, 0.25) is 5.02 Å². The molecule has 0 saturated carbocycles. The second kappa shape index (κ2) is 10.8. The van der Waals surface area contributed by atoms with E-state index in [2.05, 4.69) is 60.6 Å². The number of anilines is 1. The summed E-state index contributed by atoms with van der Waals surface area (Å²) in [5, 5.41) is 13.1. The highest BCUT2D eigenvalue weighted by Gasteiger charge is 2.19. The molecule has 4 rings (SSSR count). The van der Waals surface area contributed by atoms with Crippen LogP contribution in [0.4, 0.5) is 5.69 Å². The Bertz CT molecular complexity index is 1360. The summed E-state index contributed by atoms with van der Waals surface area (Å²) in [4.78, 5) is 12.7. The van der Waals surface area contributed by atoms with E-state index in [4.69, 9.17) is 16.3 Å². The van der Waals surface area contributed by atoms with E-state index in [0.29, 0.717) is 21.7 Å². The Morgan fingerprint density at radius 1 is 1.03 bits per heavy atom. The fourth-order valence-electron chi connectivity index (χ4n) is 3.69. The van der Waals surface area contributed by atoms with Crippen molar-refractivity contribution in [3.8, 4) is 22.8 Å². The number of carbonyl (C=O) groups is 1. The monoisotopic (exact) mass is 520 g/mol. The molecule has 0 radical (unpaired) electrons. The molecule has 8 heteroatoms. The Balaban J connectivity index is 1.63. The van der Waals surface area contributed by atoms with Crippen molar-refractivity contribution in [2.24, 2.45) is 0 Å². The lowest BCUT2D eigenvalue weighted by atomic mass is 9.87. The van der Waals surface area contributed by atoms with Gasteiger partial charge in [-0.1, -0.05) is 74.5 Å². The first-order valence-corrected chi connectivity index (χ1v) is 12.9. The van der Waals surface area contributed by atoms with E-state index in [-0.39, 0.29) is 17.1 Å². The summed E-state index contributed by atoms with van der Waals surface area (Å²) >= 11 is 7.51. The van der Waals surface area contributed by atoms with Gasteiger partial charge in [0.05, 0.1) is 12.9 Å². The molecule has 3 aromatic carbocycles. The third kappa shape index (κ3) is 5.74. The zero-order chi connectivity index (χ0) is 25.9. The minimum absolute atomic E-state index is 0.0535. The van der Waals surface area contributed by atoms with Crippen LogP contribution in [-0.4, -0.2) is 33.5 Å². The first kappa shape index (κ1) is 25.8. The molecule has 0 spiro atoms. The highest BCUT2D eigenvalue weighted by atomic mass is 35.5. The Labute approximate surface area is 221 Å². The first-order chi connectivity index (χ1) is 17.2. The van der Waals surface area contributed by atoms with Crippen LogP contribution in [-0.2, 0) is 10.2 Å². The van der Waals surface area contributed by atoms with Crippen molar-refractivity contribution in [3.05, 3.63) is 82.9 Å². The van der Waals surface area contributed by atoms with Gasteiger partial charge in [0.15, 0.2) is 11.0 Å². The highest BCUT2D eigenvalue weighted by molar-refractivity contribution is 7.99. The number of hydrogen-bond acceptors (Lipinski definition) is 5. The molecule has 0 saturated heterocycles. The first-order valence-electron chi connectivity index (χ1n) is 11.6. The van der Waals surface area contributed by atoms with Crippen LogP contribution >= 0.6 is 23.4 Å². The van der Waals surface area contributed by atoms with Crippen molar-refractivity contribution >= 4 is 35.0 Å². The van der Waals surface area contributed by atoms with Gasteiger partial charge >= 0.3 is 0 Å². The molecule has 1 heterocycles. The SMILES string of the molecule is COc1ccc(-n2c(SCC(=O)Nc3cccc(Cl)c3C)nnc2-c2ccc(C(C)(C)C)cc2)cc1. The molecular weight excluding hydrogens is 492 g/mol. The third-order valence-electron chi connectivity index (χ3n) is 5.85. The molecule has 0 aliphatic rings. The van der Waals surface area contributed by atoms with Gasteiger partial charge in [0, 0.05) is 22.0 Å². The average molecular weight is 521 g/mol. The van der Waals surface area contributed by atoms with E-state index in [1.807, 2.05) is 47.9 Å². The van der Waals surface area contributed by atoms with E-state index in [0.717, 1.165) is 22.6 Å². The molecule has 6 nitrogen and oxygen atoms in total. The largest absolute Gasteiger partial charge is 0.497 e. The van der Waals surface area contributed by atoms with Gasteiger partial charge in [-0.05, 0) is 59.9 Å². The lowest BCUT2D eigenvalue weighted by molar-refractivity contribution is -0.113. The number of ether oxygens (including phenoxy) is 1. The summed E-state index contributed by atoms with van der Waals surface area (Å²) in [6.45, 7) is 8.44. The fraction of sp³-hybridized carbons (Fsp3) is 0.250. The minimum atomic E-state index is -0.147. The van der Waals surface area contributed by atoms with Gasteiger partial charge in [-0.15, -0.1) is 10.2 Å². The lowest BCUT2D eigenvalue weighted by Crippen LogP contribution is -2.15. The van der Waals surface area contributed by atoms with Crippen molar-refractivity contribution in [2.75, 3.05) is 18.2 Å². The molecule has 0 atom stereocenters. The highest BCUT2D eigenvalue weighted by Crippen LogP contribution is 2.31. The lowest BCUT2D eigenvalue weighted by Gasteiger charge is -2.19. The number of nitrogens with one attached hydrogen (secondary N) is 1. The molecule has 36 heavy (non-hydrogen) atoms. The van der Waals surface area contributed by atoms with Gasteiger partial charge in [-0.2, -0.15) is 0 Å². The minimum Gasteiger partial charge on any atom is -0.497 e. The zero-order valence-corrected chi connectivity index (χ0v) is 22.6. The van der Waals surface area contributed by atoms with Crippen LogP contribution in [0.1, 0.15) is 31.9 Å². The molecule has 4 aromatic rings. The normalized spacial score (nSPS) is 11.4. The van der Waals surface area contributed by atoms with Gasteiger partial charge in [-0.25, -0.2) is 0 Å². The van der Waals surface area contributed by atoms with Crippen molar-refractivity contribution < 1.29 is 9.53 Å². The number of amides is 1. The van der Waals surface area contributed by atoms with Crippen molar-refractivity contribution in [1.82, 2.24) is 14.8 Å². The number of benzene rings is 3. The second-order valence-electron chi connectivity index (χ2n) is 9.42. The van der Waals surface area contributed by atoms with E-state index in [1.165, 1.54) is 17.3 Å². The van der Waals surface area contributed by atoms with Crippen LogP contribution < -0.4 is 10.1 Å². The van der Waals surface area contributed by atoms with Crippen molar-refractivity contribution in [3.63, 3.8) is 0 Å². The summed E-state index contributed by atoms with van der Waals surface area (Å²) in [6.07, 6.45) is 0. The second-order valence-corrected chi connectivity index (χ2v) is 10.8. The van der Waals surface area contributed by atoms with Gasteiger partial charge < -0.3 is 10.1 Å². The Hall–Kier alpha value is -3.29. The molecule has 0 unspecified atom stereocenters. The molecule has 0 aliphatic heterocycles. The number of aromatic nitrogens is 3. The molecule has 1 aromatic heterocycles. The van der Waals surface area contributed by atoms with E-state index in [9.17, 15) is 4.79 Å². The van der Waals surface area contributed by atoms with Gasteiger partial charge in [-0.3, -0.25) is 9.36 Å². The Morgan fingerprint density at radius 3 is 2.36 bits per heavy atom. The summed E-state index contributed by atoms with van der Waals surface area (Å²) in [5.74, 6) is 1.48. The van der Waals surface area contributed by atoms with E-state index in [1.54, 1.807) is 13.2 Å². The van der Waals surface area contributed by atoms with Crippen LogP contribution in [0.3, 0.4) is 0 Å². The van der Waals surface area contributed by atoms with Crippen molar-refractivity contribution in [2.45, 2.75) is 38.3 Å². The predicted octanol–water partition coefficient (Wildman–Crippen LogP) is 6.93. The molecule has 1 amide bonds. The summed E-state index contributed by atoms with van der Waals surface area (Å²) < 4.78 is 7.29. The molecule has 0 aliphatic carbocycles. The summed E-state index contributed by atoms with van der Waals surface area (Å²) in [6, 6.07) is 21.5. The maximum absolute atomic E-state index is 12.7. The summed E-state index contributed by atoms with van der Waals surface area (Å²) in [7, 11) is 1.64. The van der Waals surface area contributed by atoms with Gasteiger partial charge in [0.1, 0.15) is 5.75 Å². The topological polar surface area (TPSA) is 69.0 Å². The van der Waals surface area contributed by atoms with Crippen LogP contribution in [0.5, 0.6) is 5.75 Å². The number of carbonyl (C=O) groups excluding carboxylic acids is 1. The van der Waals surface area contributed by atoms with E-state index < -0.39 is 0 Å².